The second kappa shape index (κ2) is 11.1. The van der Waals surface area contributed by atoms with Crippen molar-refractivity contribution in [2.24, 2.45) is 4.99 Å². The molecule has 0 radical (unpaired) electrons. The van der Waals surface area contributed by atoms with E-state index in [0.29, 0.717) is 38.5 Å². The molecule has 0 aliphatic carbocycles. The van der Waals surface area contributed by atoms with Crippen LogP contribution in [0.4, 0.5) is 5.69 Å². The Bertz CT molecular complexity index is 1600. The van der Waals surface area contributed by atoms with Gasteiger partial charge in [-0.2, -0.15) is 0 Å². The Morgan fingerprint density at radius 1 is 1.24 bits per heavy atom. The summed E-state index contributed by atoms with van der Waals surface area (Å²) in [6.45, 7) is 8.09. The lowest BCUT2D eigenvalue weighted by atomic mass is 9.92. The van der Waals surface area contributed by atoms with E-state index in [9.17, 15) is 24.8 Å². The Kier molecular flexibility index (Phi) is 7.91. The first-order valence-corrected chi connectivity index (χ1v) is 13.3. The molecule has 2 heterocycles. The molecule has 1 aromatic heterocycles. The number of ether oxygens (including phenoxy) is 1. The van der Waals surface area contributed by atoms with Crippen molar-refractivity contribution in [3.05, 3.63) is 100 Å². The van der Waals surface area contributed by atoms with Gasteiger partial charge in [-0.15, -0.1) is 0 Å². The topological polar surface area (TPSA) is 124 Å². The van der Waals surface area contributed by atoms with Crippen molar-refractivity contribution in [2.45, 2.75) is 52.5 Å². The van der Waals surface area contributed by atoms with E-state index in [1.807, 2.05) is 31.2 Å². The van der Waals surface area contributed by atoms with E-state index in [4.69, 9.17) is 9.73 Å². The summed E-state index contributed by atoms with van der Waals surface area (Å²) in [6, 6.07) is 11.0. The summed E-state index contributed by atoms with van der Waals surface area (Å²) in [7, 11) is 0. The maximum atomic E-state index is 13.8. The van der Waals surface area contributed by atoms with E-state index < -0.39 is 28.4 Å². The van der Waals surface area contributed by atoms with Crippen LogP contribution in [-0.4, -0.2) is 27.2 Å². The van der Waals surface area contributed by atoms with Crippen molar-refractivity contribution in [1.82, 2.24) is 4.57 Å². The molecular weight excluding hydrogens is 506 g/mol. The van der Waals surface area contributed by atoms with Crippen LogP contribution in [0.25, 0.3) is 6.08 Å². The second-order valence-electron chi connectivity index (χ2n) is 9.24. The van der Waals surface area contributed by atoms with Crippen molar-refractivity contribution >= 4 is 29.1 Å². The van der Waals surface area contributed by atoms with E-state index in [1.54, 1.807) is 6.92 Å². The number of rotatable bonds is 8. The van der Waals surface area contributed by atoms with Crippen molar-refractivity contribution in [1.29, 1.82) is 0 Å². The SMILES string of the molecule is CCCC1=C(C(=O)OCC)[C@@H](c2ccc(C(C)C)cc2)n2c(s/c(=C\c3ccc(O)c([N+](=O)[O-])c3)c2=O)=N1. The number of esters is 1. The lowest BCUT2D eigenvalue weighted by Crippen LogP contribution is -2.40. The summed E-state index contributed by atoms with van der Waals surface area (Å²) in [5.74, 6) is -0.654. The van der Waals surface area contributed by atoms with Gasteiger partial charge in [-0.05, 0) is 48.1 Å². The molecule has 1 N–H and O–H groups in total. The molecule has 2 aromatic carbocycles. The number of thiazole rings is 1. The number of phenols is 1. The van der Waals surface area contributed by atoms with E-state index in [1.165, 1.54) is 28.8 Å². The molecule has 198 valence electrons. The minimum atomic E-state index is -0.732. The molecule has 0 saturated heterocycles. The fourth-order valence-electron chi connectivity index (χ4n) is 4.43. The van der Waals surface area contributed by atoms with Crippen LogP contribution in [0.5, 0.6) is 5.75 Å². The molecule has 1 aliphatic rings. The maximum Gasteiger partial charge on any atom is 0.338 e. The average molecular weight is 536 g/mol. The molecule has 0 saturated carbocycles. The zero-order valence-corrected chi connectivity index (χ0v) is 22.4. The van der Waals surface area contributed by atoms with Gasteiger partial charge in [0.05, 0.1) is 33.4 Å². The number of carbonyl (C=O) groups is 1. The van der Waals surface area contributed by atoms with Crippen LogP contribution in [-0.2, 0) is 9.53 Å². The van der Waals surface area contributed by atoms with Gasteiger partial charge in [0.15, 0.2) is 10.6 Å². The van der Waals surface area contributed by atoms with Crippen molar-refractivity contribution in [2.75, 3.05) is 6.61 Å². The number of hydrogen-bond acceptors (Lipinski definition) is 8. The molecule has 4 rings (SSSR count). The summed E-state index contributed by atoms with van der Waals surface area (Å²) >= 11 is 1.15. The number of allylic oxidation sites excluding steroid dienone is 1. The van der Waals surface area contributed by atoms with Crippen molar-refractivity contribution < 1.29 is 19.6 Å². The number of hydrogen-bond donors (Lipinski definition) is 1. The Labute approximate surface area is 223 Å². The molecule has 1 aliphatic heterocycles. The molecule has 9 nitrogen and oxygen atoms in total. The maximum absolute atomic E-state index is 13.8. The number of phenolic OH excluding ortho intramolecular Hbond substituents is 1. The van der Waals surface area contributed by atoms with Gasteiger partial charge in [-0.25, -0.2) is 9.79 Å². The monoisotopic (exact) mass is 535 g/mol. The number of benzene rings is 2. The molecule has 10 heteroatoms. The lowest BCUT2D eigenvalue weighted by Gasteiger charge is -2.26. The molecule has 0 spiro atoms. The highest BCUT2D eigenvalue weighted by Gasteiger charge is 2.34. The summed E-state index contributed by atoms with van der Waals surface area (Å²) in [6.07, 6.45) is 2.80. The van der Waals surface area contributed by atoms with E-state index in [-0.39, 0.29) is 12.2 Å². The van der Waals surface area contributed by atoms with Crippen molar-refractivity contribution in [3.63, 3.8) is 0 Å². The number of aromatic nitrogens is 1. The lowest BCUT2D eigenvalue weighted by molar-refractivity contribution is -0.385. The number of fused-ring (bicyclic) bond motifs is 1. The van der Waals surface area contributed by atoms with Crippen LogP contribution in [0.15, 0.2) is 63.5 Å². The van der Waals surface area contributed by atoms with Crippen LogP contribution < -0.4 is 14.9 Å². The highest BCUT2D eigenvalue weighted by Crippen LogP contribution is 2.33. The van der Waals surface area contributed by atoms with Crippen LogP contribution in [0.1, 0.15) is 69.2 Å². The van der Waals surface area contributed by atoms with Gasteiger partial charge in [0.2, 0.25) is 0 Å². The summed E-state index contributed by atoms with van der Waals surface area (Å²) in [4.78, 5) is 42.8. The van der Waals surface area contributed by atoms with E-state index in [2.05, 4.69) is 13.8 Å². The first-order chi connectivity index (χ1) is 18.2. The Hall–Kier alpha value is -4.05. The number of carbonyl (C=O) groups excluding carboxylic acids is 1. The summed E-state index contributed by atoms with van der Waals surface area (Å²) in [5, 5.41) is 21.1. The second-order valence-corrected chi connectivity index (χ2v) is 10.2. The molecule has 1 atom stereocenters. The fraction of sp³-hybridized carbons (Fsp3) is 0.321. The third kappa shape index (κ3) is 5.17. The largest absolute Gasteiger partial charge is 0.502 e. The quantitative estimate of drug-likeness (QED) is 0.260. The Balaban J connectivity index is 1.97. The highest BCUT2D eigenvalue weighted by molar-refractivity contribution is 7.07. The fourth-order valence-corrected chi connectivity index (χ4v) is 5.45. The van der Waals surface area contributed by atoms with Gasteiger partial charge in [0.1, 0.15) is 0 Å². The number of nitrogens with zero attached hydrogens (tertiary/aromatic N) is 3. The average Bonchev–Trinajstić information content (AvgIpc) is 3.19. The predicted octanol–water partition coefficient (Wildman–Crippen LogP) is 4.32. The number of aromatic hydroxyl groups is 1. The van der Waals surface area contributed by atoms with Gasteiger partial charge >= 0.3 is 11.7 Å². The number of nitro groups is 1. The zero-order chi connectivity index (χ0) is 27.6. The Morgan fingerprint density at radius 2 is 1.95 bits per heavy atom. The summed E-state index contributed by atoms with van der Waals surface area (Å²) < 4.78 is 7.21. The minimum absolute atomic E-state index is 0.185. The van der Waals surface area contributed by atoms with Gasteiger partial charge < -0.3 is 9.84 Å². The molecule has 0 bridgehead atoms. The van der Waals surface area contributed by atoms with Crippen LogP contribution in [0.2, 0.25) is 0 Å². The third-order valence-electron chi connectivity index (χ3n) is 6.30. The number of nitro benzene ring substituents is 1. The normalized spacial score (nSPS) is 15.4. The smallest absolute Gasteiger partial charge is 0.338 e. The van der Waals surface area contributed by atoms with Crippen LogP contribution in [0.3, 0.4) is 0 Å². The van der Waals surface area contributed by atoms with Gasteiger partial charge in [0, 0.05) is 6.07 Å². The van der Waals surface area contributed by atoms with Crippen LogP contribution >= 0.6 is 11.3 Å². The zero-order valence-electron chi connectivity index (χ0n) is 21.6. The van der Waals surface area contributed by atoms with Gasteiger partial charge in [-0.1, -0.05) is 68.9 Å². The summed E-state index contributed by atoms with van der Waals surface area (Å²) in [5.41, 5.74) is 2.36. The molecular formula is C28H29N3O6S. The van der Waals surface area contributed by atoms with Crippen LogP contribution in [0, 0.1) is 10.1 Å². The first-order valence-electron chi connectivity index (χ1n) is 12.4. The molecule has 0 amide bonds. The third-order valence-corrected chi connectivity index (χ3v) is 7.29. The van der Waals surface area contributed by atoms with E-state index >= 15 is 0 Å². The molecule has 0 fully saturated rings. The first kappa shape index (κ1) is 27.0. The van der Waals surface area contributed by atoms with Crippen molar-refractivity contribution in [3.8, 4) is 5.75 Å². The minimum Gasteiger partial charge on any atom is -0.502 e. The molecule has 38 heavy (non-hydrogen) atoms. The Morgan fingerprint density at radius 3 is 2.55 bits per heavy atom. The van der Waals surface area contributed by atoms with E-state index in [0.717, 1.165) is 28.9 Å². The standard InChI is InChI=1S/C28H29N3O6S/c1-5-7-20-24(27(34)37-6-2)25(19-11-9-18(10-12-19)16(3)4)30-26(33)23(38-28(30)29-20)15-17-8-13-22(32)21(14-17)31(35)36/h8-16,25,32H,5-7H2,1-4H3/b23-15-/t25-/m1/s1. The highest BCUT2D eigenvalue weighted by atomic mass is 32.1. The van der Waals surface area contributed by atoms with Gasteiger partial charge in [0.25, 0.3) is 5.56 Å². The molecule has 0 unspecified atom stereocenters. The predicted molar refractivity (Wildman–Crippen MR) is 145 cm³/mol. The van der Waals surface area contributed by atoms with Gasteiger partial charge in [-0.3, -0.25) is 19.5 Å². The molecule has 3 aromatic rings.